The maximum atomic E-state index is 12.6. The molecule has 0 atom stereocenters. The predicted molar refractivity (Wildman–Crippen MR) is 107 cm³/mol. The largest absolute Gasteiger partial charge is 0.385 e. The van der Waals surface area contributed by atoms with Gasteiger partial charge in [-0.05, 0) is 36.6 Å². The van der Waals surface area contributed by atoms with Crippen LogP contribution >= 0.6 is 0 Å². The number of nitrogens with zero attached hydrogens (tertiary/aromatic N) is 3. The van der Waals surface area contributed by atoms with Crippen molar-refractivity contribution >= 4 is 28.9 Å². The van der Waals surface area contributed by atoms with E-state index in [9.17, 15) is 9.59 Å². The number of para-hydroxylation sites is 2. The molecule has 1 N–H and O–H groups in total. The number of hydrazine groups is 1. The van der Waals surface area contributed by atoms with Gasteiger partial charge in [-0.25, -0.2) is 5.01 Å². The summed E-state index contributed by atoms with van der Waals surface area (Å²) in [6.07, 6.45) is 1.86. The number of rotatable bonds is 4. The summed E-state index contributed by atoms with van der Waals surface area (Å²) in [7, 11) is 0. The van der Waals surface area contributed by atoms with E-state index >= 15 is 0 Å². The summed E-state index contributed by atoms with van der Waals surface area (Å²) in [5, 5.41) is 5.21. The second-order valence-corrected chi connectivity index (χ2v) is 6.56. The second kappa shape index (κ2) is 7.56. The van der Waals surface area contributed by atoms with E-state index in [-0.39, 0.29) is 24.1 Å². The van der Waals surface area contributed by atoms with E-state index in [0.717, 1.165) is 24.1 Å². The van der Waals surface area contributed by atoms with Crippen molar-refractivity contribution in [2.75, 3.05) is 23.1 Å². The standard InChI is InChI=1S/C21H20N4O3/c1-15-20(21(27)25(22-15)17-10-3-2-4-11-17)23-28-14-19(26)24-13-7-9-16-8-5-6-12-18(16)24/h2-6,8,10-12,22H,1,7,9,13-14H2/b23-20+. The van der Waals surface area contributed by atoms with Crippen molar-refractivity contribution in [2.24, 2.45) is 5.16 Å². The van der Waals surface area contributed by atoms with Gasteiger partial charge in [0.1, 0.15) is 0 Å². The van der Waals surface area contributed by atoms with E-state index in [1.165, 1.54) is 5.01 Å². The molecule has 0 saturated carbocycles. The number of anilines is 2. The molecular weight excluding hydrogens is 356 g/mol. The van der Waals surface area contributed by atoms with Gasteiger partial charge >= 0.3 is 5.91 Å². The molecule has 142 valence electrons. The Labute approximate surface area is 162 Å². The minimum Gasteiger partial charge on any atom is -0.385 e. The minimum absolute atomic E-state index is 0.0516. The third-order valence-electron chi connectivity index (χ3n) is 4.71. The fraction of sp³-hybridized carbons (Fsp3) is 0.190. The van der Waals surface area contributed by atoms with Crippen LogP contribution in [-0.4, -0.2) is 30.7 Å². The third kappa shape index (κ3) is 3.34. The van der Waals surface area contributed by atoms with Crippen molar-refractivity contribution in [3.8, 4) is 0 Å². The van der Waals surface area contributed by atoms with Crippen LogP contribution in [0, 0.1) is 0 Å². The molecule has 1 saturated heterocycles. The first-order valence-electron chi connectivity index (χ1n) is 9.09. The molecule has 2 aliphatic rings. The van der Waals surface area contributed by atoms with E-state index in [0.29, 0.717) is 17.9 Å². The molecule has 2 amide bonds. The van der Waals surface area contributed by atoms with Crippen molar-refractivity contribution in [3.63, 3.8) is 0 Å². The first-order chi connectivity index (χ1) is 13.6. The molecule has 0 spiro atoms. The summed E-state index contributed by atoms with van der Waals surface area (Å²) in [5.41, 5.74) is 5.97. The third-order valence-corrected chi connectivity index (χ3v) is 4.71. The first kappa shape index (κ1) is 17.8. The Balaban J connectivity index is 1.42. The van der Waals surface area contributed by atoms with Gasteiger partial charge in [-0.15, -0.1) is 0 Å². The fourth-order valence-electron chi connectivity index (χ4n) is 3.35. The van der Waals surface area contributed by atoms with Crippen LogP contribution in [0.3, 0.4) is 0 Å². The van der Waals surface area contributed by atoms with Gasteiger partial charge in [-0.1, -0.05) is 48.1 Å². The van der Waals surface area contributed by atoms with Crippen molar-refractivity contribution in [2.45, 2.75) is 12.8 Å². The van der Waals surface area contributed by atoms with Gasteiger partial charge < -0.3 is 9.74 Å². The number of hydrogen-bond donors (Lipinski definition) is 1. The normalized spacial score (nSPS) is 17.5. The highest BCUT2D eigenvalue weighted by Gasteiger charge is 2.33. The van der Waals surface area contributed by atoms with Crippen LogP contribution in [-0.2, 0) is 20.8 Å². The van der Waals surface area contributed by atoms with Gasteiger partial charge in [-0.3, -0.25) is 15.0 Å². The lowest BCUT2D eigenvalue weighted by atomic mass is 10.0. The molecular formula is C21H20N4O3. The van der Waals surface area contributed by atoms with Gasteiger partial charge in [0.25, 0.3) is 5.91 Å². The summed E-state index contributed by atoms with van der Waals surface area (Å²) in [6.45, 7) is 4.20. The molecule has 0 radical (unpaired) electrons. The van der Waals surface area contributed by atoms with E-state index < -0.39 is 0 Å². The van der Waals surface area contributed by atoms with Crippen molar-refractivity contribution in [1.29, 1.82) is 0 Å². The first-order valence-corrected chi connectivity index (χ1v) is 9.09. The van der Waals surface area contributed by atoms with Crippen LogP contribution < -0.4 is 15.3 Å². The quantitative estimate of drug-likeness (QED) is 0.832. The van der Waals surface area contributed by atoms with Crippen LogP contribution in [0.2, 0.25) is 0 Å². The van der Waals surface area contributed by atoms with Crippen molar-refractivity contribution < 1.29 is 14.4 Å². The molecule has 28 heavy (non-hydrogen) atoms. The topological polar surface area (TPSA) is 74.2 Å². The monoisotopic (exact) mass is 376 g/mol. The maximum Gasteiger partial charge on any atom is 0.301 e. The van der Waals surface area contributed by atoms with Crippen LogP contribution in [0.1, 0.15) is 12.0 Å². The van der Waals surface area contributed by atoms with Crippen molar-refractivity contribution in [1.82, 2.24) is 5.43 Å². The molecule has 4 rings (SSSR count). The average molecular weight is 376 g/mol. The number of amides is 2. The molecule has 0 aliphatic carbocycles. The van der Waals surface area contributed by atoms with E-state index in [2.05, 4.69) is 17.2 Å². The minimum atomic E-state index is -0.382. The van der Waals surface area contributed by atoms with E-state index in [1.807, 2.05) is 42.5 Å². The zero-order valence-corrected chi connectivity index (χ0v) is 15.3. The number of carbonyl (C=O) groups is 2. The lowest BCUT2D eigenvalue weighted by Crippen LogP contribution is -2.37. The maximum absolute atomic E-state index is 12.6. The van der Waals surface area contributed by atoms with Crippen LogP contribution in [0.15, 0.2) is 72.0 Å². The number of nitrogens with one attached hydrogen (secondary N) is 1. The highest BCUT2D eigenvalue weighted by atomic mass is 16.6. The van der Waals surface area contributed by atoms with Gasteiger partial charge in [-0.2, -0.15) is 0 Å². The van der Waals surface area contributed by atoms with Crippen LogP contribution in [0.4, 0.5) is 11.4 Å². The molecule has 7 nitrogen and oxygen atoms in total. The molecule has 0 aromatic heterocycles. The van der Waals surface area contributed by atoms with E-state index in [4.69, 9.17) is 4.84 Å². The Morgan fingerprint density at radius 1 is 1.14 bits per heavy atom. The number of fused-ring (bicyclic) bond motifs is 1. The van der Waals surface area contributed by atoms with Crippen molar-refractivity contribution in [3.05, 3.63) is 72.4 Å². The Hall–Kier alpha value is -3.61. The summed E-state index contributed by atoms with van der Waals surface area (Å²) in [4.78, 5) is 32.1. The fourth-order valence-corrected chi connectivity index (χ4v) is 3.35. The number of oxime groups is 1. The van der Waals surface area contributed by atoms with Gasteiger partial charge in [0.15, 0.2) is 12.3 Å². The summed E-state index contributed by atoms with van der Waals surface area (Å²) < 4.78 is 0. The smallest absolute Gasteiger partial charge is 0.301 e. The zero-order valence-electron chi connectivity index (χ0n) is 15.3. The zero-order chi connectivity index (χ0) is 19.5. The molecule has 2 aromatic carbocycles. The highest BCUT2D eigenvalue weighted by Crippen LogP contribution is 2.26. The summed E-state index contributed by atoms with van der Waals surface area (Å²) >= 11 is 0. The summed E-state index contributed by atoms with van der Waals surface area (Å²) in [5.74, 6) is -0.576. The average Bonchev–Trinajstić information content (AvgIpc) is 3.02. The van der Waals surface area contributed by atoms with E-state index in [1.54, 1.807) is 17.0 Å². The van der Waals surface area contributed by atoms with Crippen LogP contribution in [0.25, 0.3) is 0 Å². The molecule has 0 unspecified atom stereocenters. The summed E-state index contributed by atoms with van der Waals surface area (Å²) in [6, 6.07) is 16.9. The number of benzene rings is 2. The molecule has 7 heteroatoms. The Morgan fingerprint density at radius 3 is 2.71 bits per heavy atom. The highest BCUT2D eigenvalue weighted by molar-refractivity contribution is 6.51. The van der Waals surface area contributed by atoms with Gasteiger partial charge in [0.2, 0.25) is 0 Å². The molecule has 2 heterocycles. The number of carbonyl (C=O) groups excluding carboxylic acids is 2. The SMILES string of the molecule is C=C1NN(c2ccccc2)C(=O)/C1=N/OCC(=O)N1CCCc2ccccc21. The van der Waals surface area contributed by atoms with Gasteiger partial charge in [0.05, 0.1) is 11.4 Å². The lowest BCUT2D eigenvalue weighted by Gasteiger charge is -2.28. The van der Waals surface area contributed by atoms with Crippen LogP contribution in [0.5, 0.6) is 0 Å². The number of hydrogen-bond acceptors (Lipinski definition) is 5. The molecule has 1 fully saturated rings. The Bertz CT molecular complexity index is 955. The number of aryl methyl sites for hydroxylation is 1. The molecule has 0 bridgehead atoms. The molecule has 2 aromatic rings. The Morgan fingerprint density at radius 2 is 1.89 bits per heavy atom. The predicted octanol–water partition coefficient (Wildman–Crippen LogP) is 2.40. The second-order valence-electron chi connectivity index (χ2n) is 6.56. The lowest BCUT2D eigenvalue weighted by molar-refractivity contribution is -0.123. The molecule has 2 aliphatic heterocycles. The Kier molecular flexibility index (Phi) is 4.80. The van der Waals surface area contributed by atoms with Gasteiger partial charge in [0, 0.05) is 12.2 Å².